The van der Waals surface area contributed by atoms with E-state index in [-0.39, 0.29) is 22.4 Å². The number of halogens is 2. The van der Waals surface area contributed by atoms with Crippen LogP contribution in [0.5, 0.6) is 5.75 Å². The van der Waals surface area contributed by atoms with E-state index < -0.39 is 17.5 Å². The van der Waals surface area contributed by atoms with Gasteiger partial charge >= 0.3 is 0 Å². The molecule has 1 fully saturated rings. The van der Waals surface area contributed by atoms with Gasteiger partial charge in [0.05, 0.1) is 11.8 Å². The molecule has 28 heavy (non-hydrogen) atoms. The number of amides is 1. The highest BCUT2D eigenvalue weighted by Crippen LogP contribution is 2.30. The van der Waals surface area contributed by atoms with Gasteiger partial charge in [0, 0.05) is 24.2 Å². The van der Waals surface area contributed by atoms with E-state index in [9.17, 15) is 13.6 Å². The summed E-state index contributed by atoms with van der Waals surface area (Å²) in [7, 11) is 0. The molecule has 6 nitrogen and oxygen atoms in total. The van der Waals surface area contributed by atoms with Crippen LogP contribution in [0.3, 0.4) is 0 Å². The third-order valence-corrected chi connectivity index (χ3v) is 5.11. The number of ether oxygens (including phenoxy) is 1. The average Bonchev–Trinajstić information content (AvgIpc) is 3.35. The molecular weight excluding hydrogens is 386 g/mol. The Hall–Kier alpha value is -2.91. The number of pyridine rings is 1. The van der Waals surface area contributed by atoms with E-state index in [0.717, 1.165) is 43.0 Å². The Kier molecular flexibility index (Phi) is 5.27. The molecule has 1 atom stereocenters. The summed E-state index contributed by atoms with van der Waals surface area (Å²) in [5.41, 5.74) is 0.219. The van der Waals surface area contributed by atoms with Crippen LogP contribution in [-0.4, -0.2) is 35.1 Å². The van der Waals surface area contributed by atoms with Gasteiger partial charge in [0.15, 0.2) is 0 Å². The number of aromatic nitrogens is 2. The second-order valence-corrected chi connectivity index (χ2v) is 7.05. The molecule has 1 aliphatic rings. The van der Waals surface area contributed by atoms with Gasteiger partial charge in [-0.25, -0.2) is 13.8 Å². The first-order valence-electron chi connectivity index (χ1n) is 8.64. The van der Waals surface area contributed by atoms with Gasteiger partial charge in [-0.1, -0.05) is 6.07 Å². The third kappa shape index (κ3) is 3.85. The SMILES string of the molecule is O=C(Nc1cnccc1OC1CCNC1)c1csc(-c2c(F)cccc2F)n1. The molecule has 9 heteroatoms. The second kappa shape index (κ2) is 7.99. The summed E-state index contributed by atoms with van der Waals surface area (Å²) in [5, 5.41) is 7.46. The summed E-state index contributed by atoms with van der Waals surface area (Å²) >= 11 is 0.993. The Bertz CT molecular complexity index is 985. The first kappa shape index (κ1) is 18.5. The van der Waals surface area contributed by atoms with Crippen LogP contribution < -0.4 is 15.4 Å². The number of benzene rings is 1. The van der Waals surface area contributed by atoms with Crippen LogP contribution in [0, 0.1) is 11.6 Å². The first-order chi connectivity index (χ1) is 13.6. The first-order valence-corrected chi connectivity index (χ1v) is 9.52. The summed E-state index contributed by atoms with van der Waals surface area (Å²) in [6.07, 6.45) is 3.96. The molecule has 1 aromatic carbocycles. The number of hydrogen-bond donors (Lipinski definition) is 2. The summed E-state index contributed by atoms with van der Waals surface area (Å²) in [4.78, 5) is 20.7. The molecule has 1 saturated heterocycles. The van der Waals surface area contributed by atoms with Crippen molar-refractivity contribution >= 4 is 22.9 Å². The molecule has 144 valence electrons. The summed E-state index contributed by atoms with van der Waals surface area (Å²) in [5.74, 6) is -1.46. The number of nitrogens with zero attached hydrogens (tertiary/aromatic N) is 2. The van der Waals surface area contributed by atoms with E-state index in [0.29, 0.717) is 11.4 Å². The zero-order valence-corrected chi connectivity index (χ0v) is 15.4. The van der Waals surface area contributed by atoms with E-state index >= 15 is 0 Å². The molecule has 0 radical (unpaired) electrons. The van der Waals surface area contributed by atoms with Gasteiger partial charge in [0.25, 0.3) is 5.91 Å². The lowest BCUT2D eigenvalue weighted by Gasteiger charge is -2.15. The zero-order chi connectivity index (χ0) is 19.5. The number of carbonyl (C=O) groups excluding carboxylic acids is 1. The van der Waals surface area contributed by atoms with E-state index in [1.54, 1.807) is 12.3 Å². The molecule has 1 aliphatic heterocycles. The number of thiazole rings is 1. The van der Waals surface area contributed by atoms with Gasteiger partial charge in [-0.2, -0.15) is 0 Å². The summed E-state index contributed by atoms with van der Waals surface area (Å²) in [6.45, 7) is 1.62. The van der Waals surface area contributed by atoms with Crippen LogP contribution in [0.25, 0.3) is 10.6 Å². The van der Waals surface area contributed by atoms with Crippen molar-refractivity contribution < 1.29 is 18.3 Å². The molecular formula is C19H16F2N4O2S. The maximum absolute atomic E-state index is 13.9. The molecule has 1 amide bonds. The highest BCUT2D eigenvalue weighted by molar-refractivity contribution is 7.13. The Morgan fingerprint density at radius 2 is 2.11 bits per heavy atom. The maximum atomic E-state index is 13.9. The van der Waals surface area contributed by atoms with E-state index in [1.165, 1.54) is 17.6 Å². The zero-order valence-electron chi connectivity index (χ0n) is 14.6. The number of hydrogen-bond acceptors (Lipinski definition) is 6. The lowest BCUT2D eigenvalue weighted by atomic mass is 10.2. The minimum atomic E-state index is -0.727. The monoisotopic (exact) mass is 402 g/mol. The van der Waals surface area contributed by atoms with Gasteiger partial charge < -0.3 is 15.4 Å². The van der Waals surface area contributed by atoms with Gasteiger partial charge in [-0.15, -0.1) is 11.3 Å². The Labute approximate surface area is 163 Å². The normalized spacial score (nSPS) is 16.1. The molecule has 2 N–H and O–H groups in total. The largest absolute Gasteiger partial charge is 0.487 e. The molecule has 0 spiro atoms. The van der Waals surface area contributed by atoms with Gasteiger partial charge in [0.2, 0.25) is 0 Å². The molecule has 4 rings (SSSR count). The van der Waals surface area contributed by atoms with Gasteiger partial charge in [-0.05, 0) is 25.1 Å². The Balaban J connectivity index is 1.53. The fourth-order valence-electron chi connectivity index (χ4n) is 2.87. The molecule has 2 aromatic heterocycles. The molecule has 0 aliphatic carbocycles. The average molecular weight is 402 g/mol. The van der Waals surface area contributed by atoms with Crippen LogP contribution in [0.2, 0.25) is 0 Å². The van der Waals surface area contributed by atoms with Crippen LogP contribution in [0.4, 0.5) is 14.5 Å². The van der Waals surface area contributed by atoms with E-state index in [2.05, 4.69) is 20.6 Å². The molecule has 3 heterocycles. The van der Waals surface area contributed by atoms with Crippen molar-refractivity contribution in [2.75, 3.05) is 18.4 Å². The van der Waals surface area contributed by atoms with Gasteiger partial charge in [0.1, 0.15) is 39.9 Å². The van der Waals surface area contributed by atoms with Crippen molar-refractivity contribution in [3.8, 4) is 16.3 Å². The number of anilines is 1. The Morgan fingerprint density at radius 1 is 1.29 bits per heavy atom. The quantitative estimate of drug-likeness (QED) is 0.683. The van der Waals surface area contributed by atoms with E-state index in [4.69, 9.17) is 4.74 Å². The number of rotatable bonds is 5. The molecule has 0 bridgehead atoms. The van der Waals surface area contributed by atoms with Crippen molar-refractivity contribution in [3.05, 3.63) is 59.4 Å². The predicted octanol–water partition coefficient (Wildman–Crippen LogP) is 3.48. The van der Waals surface area contributed by atoms with Crippen molar-refractivity contribution in [2.45, 2.75) is 12.5 Å². The fraction of sp³-hybridized carbons (Fsp3) is 0.211. The fourth-order valence-corrected chi connectivity index (χ4v) is 3.71. The van der Waals surface area contributed by atoms with Crippen LogP contribution in [0.15, 0.2) is 42.0 Å². The molecule has 1 unspecified atom stereocenters. The van der Waals surface area contributed by atoms with Crippen molar-refractivity contribution in [1.82, 2.24) is 15.3 Å². The number of carbonyl (C=O) groups is 1. The van der Waals surface area contributed by atoms with Crippen molar-refractivity contribution in [2.24, 2.45) is 0 Å². The lowest BCUT2D eigenvalue weighted by Crippen LogP contribution is -2.21. The second-order valence-electron chi connectivity index (χ2n) is 6.19. The maximum Gasteiger partial charge on any atom is 0.275 e. The number of nitrogens with one attached hydrogen (secondary N) is 2. The highest BCUT2D eigenvalue weighted by Gasteiger charge is 2.20. The van der Waals surface area contributed by atoms with E-state index in [1.807, 2.05) is 0 Å². The highest BCUT2D eigenvalue weighted by atomic mass is 32.1. The topological polar surface area (TPSA) is 76.1 Å². The van der Waals surface area contributed by atoms with Crippen molar-refractivity contribution in [1.29, 1.82) is 0 Å². The molecule has 3 aromatic rings. The summed E-state index contributed by atoms with van der Waals surface area (Å²) in [6, 6.07) is 5.25. The van der Waals surface area contributed by atoms with Crippen molar-refractivity contribution in [3.63, 3.8) is 0 Å². The standard InChI is InChI=1S/C19H16F2N4O2S/c20-12-2-1-3-13(21)17(12)19-25-15(10-28-19)18(26)24-14-9-23-7-5-16(14)27-11-4-6-22-8-11/h1-3,5,7,9-11,22H,4,6,8H2,(H,24,26). The van der Waals surface area contributed by atoms with Crippen LogP contribution in [-0.2, 0) is 0 Å². The lowest BCUT2D eigenvalue weighted by molar-refractivity contribution is 0.102. The third-order valence-electron chi connectivity index (χ3n) is 4.25. The minimum Gasteiger partial charge on any atom is -0.487 e. The van der Waals surface area contributed by atoms with Crippen LogP contribution in [0.1, 0.15) is 16.9 Å². The summed E-state index contributed by atoms with van der Waals surface area (Å²) < 4.78 is 33.8. The smallest absolute Gasteiger partial charge is 0.275 e. The minimum absolute atomic E-state index is 0.0213. The molecule has 0 saturated carbocycles. The van der Waals surface area contributed by atoms with Crippen LogP contribution >= 0.6 is 11.3 Å². The van der Waals surface area contributed by atoms with Gasteiger partial charge in [-0.3, -0.25) is 9.78 Å². The predicted molar refractivity (Wildman–Crippen MR) is 102 cm³/mol. The Morgan fingerprint density at radius 3 is 2.86 bits per heavy atom.